The first-order chi connectivity index (χ1) is 9.44. The second-order valence-electron chi connectivity index (χ2n) is 6.06. The molecule has 0 saturated heterocycles. The van der Waals surface area contributed by atoms with E-state index in [1.807, 2.05) is 0 Å². The van der Waals surface area contributed by atoms with Crippen LogP contribution in [0.2, 0.25) is 0 Å². The van der Waals surface area contributed by atoms with E-state index in [4.69, 9.17) is 10.8 Å². The van der Waals surface area contributed by atoms with Crippen LogP contribution in [0.25, 0.3) is 0 Å². The number of hydrogen-bond acceptors (Lipinski definition) is 4. The van der Waals surface area contributed by atoms with Crippen LogP contribution in [0.3, 0.4) is 0 Å². The molecule has 5 N–H and O–H groups in total. The summed E-state index contributed by atoms with van der Waals surface area (Å²) in [5.41, 5.74) is 4.36. The Balaban J connectivity index is 4.48. The van der Waals surface area contributed by atoms with Crippen LogP contribution in [-0.4, -0.2) is 35.0 Å². The SMILES string of the molecule is CC(C)C(NC(=O)NC(=O)CC(C)(C)CC(=O)O)C(N)=O. The Kier molecular flexibility index (Phi) is 6.84. The van der Waals surface area contributed by atoms with Crippen molar-refractivity contribution in [3.63, 3.8) is 0 Å². The summed E-state index contributed by atoms with van der Waals surface area (Å²) >= 11 is 0. The van der Waals surface area contributed by atoms with Crippen molar-refractivity contribution in [1.29, 1.82) is 0 Å². The van der Waals surface area contributed by atoms with Gasteiger partial charge in [0.05, 0.1) is 6.42 Å². The molecule has 8 heteroatoms. The molecule has 0 fully saturated rings. The highest BCUT2D eigenvalue weighted by Crippen LogP contribution is 2.24. The van der Waals surface area contributed by atoms with Crippen LogP contribution in [0.15, 0.2) is 0 Å². The molecule has 21 heavy (non-hydrogen) atoms. The van der Waals surface area contributed by atoms with Gasteiger partial charge in [0.2, 0.25) is 11.8 Å². The molecule has 0 bridgehead atoms. The van der Waals surface area contributed by atoms with Crippen LogP contribution < -0.4 is 16.4 Å². The lowest BCUT2D eigenvalue weighted by atomic mass is 9.85. The zero-order valence-electron chi connectivity index (χ0n) is 12.7. The van der Waals surface area contributed by atoms with Crippen molar-refractivity contribution in [3.8, 4) is 0 Å². The van der Waals surface area contributed by atoms with Crippen molar-refractivity contribution in [2.75, 3.05) is 0 Å². The number of carbonyl (C=O) groups excluding carboxylic acids is 3. The molecule has 120 valence electrons. The first-order valence-corrected chi connectivity index (χ1v) is 6.56. The molecule has 4 amide bonds. The van der Waals surface area contributed by atoms with Crippen molar-refractivity contribution in [3.05, 3.63) is 0 Å². The maximum absolute atomic E-state index is 11.7. The Labute approximate surface area is 123 Å². The lowest BCUT2D eigenvalue weighted by Crippen LogP contribution is -2.52. The van der Waals surface area contributed by atoms with Gasteiger partial charge in [0.25, 0.3) is 0 Å². The van der Waals surface area contributed by atoms with Crippen LogP contribution in [0.5, 0.6) is 0 Å². The monoisotopic (exact) mass is 301 g/mol. The number of urea groups is 1. The average molecular weight is 301 g/mol. The predicted molar refractivity (Wildman–Crippen MR) is 75.1 cm³/mol. The Morgan fingerprint density at radius 2 is 1.67 bits per heavy atom. The lowest BCUT2D eigenvalue weighted by molar-refractivity contribution is -0.139. The molecule has 0 aromatic heterocycles. The summed E-state index contributed by atoms with van der Waals surface area (Å²) in [7, 11) is 0. The minimum Gasteiger partial charge on any atom is -0.481 e. The van der Waals surface area contributed by atoms with E-state index in [1.165, 1.54) is 0 Å². The second-order valence-corrected chi connectivity index (χ2v) is 6.06. The van der Waals surface area contributed by atoms with E-state index in [9.17, 15) is 19.2 Å². The molecule has 0 aliphatic rings. The number of aliphatic carboxylic acids is 1. The van der Waals surface area contributed by atoms with Gasteiger partial charge in [-0.1, -0.05) is 27.7 Å². The van der Waals surface area contributed by atoms with E-state index < -0.39 is 35.3 Å². The fraction of sp³-hybridized carbons (Fsp3) is 0.692. The largest absolute Gasteiger partial charge is 0.481 e. The molecule has 0 rings (SSSR count). The Morgan fingerprint density at radius 3 is 2.05 bits per heavy atom. The number of carboxylic acid groups (broad SMARTS) is 1. The van der Waals surface area contributed by atoms with Gasteiger partial charge in [-0.2, -0.15) is 0 Å². The molecular formula is C13H23N3O5. The number of nitrogens with one attached hydrogen (secondary N) is 2. The number of primary amides is 1. The van der Waals surface area contributed by atoms with Crippen molar-refractivity contribution >= 4 is 23.8 Å². The third-order valence-corrected chi connectivity index (χ3v) is 2.78. The molecular weight excluding hydrogens is 278 g/mol. The summed E-state index contributed by atoms with van der Waals surface area (Å²) in [6.45, 7) is 6.62. The number of carboxylic acids is 1. The van der Waals surface area contributed by atoms with Crippen molar-refractivity contribution < 1.29 is 24.3 Å². The van der Waals surface area contributed by atoms with Gasteiger partial charge >= 0.3 is 12.0 Å². The van der Waals surface area contributed by atoms with E-state index in [0.717, 1.165) is 0 Å². The molecule has 1 atom stereocenters. The van der Waals surface area contributed by atoms with Crippen LogP contribution in [0.1, 0.15) is 40.5 Å². The highest BCUT2D eigenvalue weighted by Gasteiger charge is 2.27. The van der Waals surface area contributed by atoms with Gasteiger partial charge in [0.1, 0.15) is 6.04 Å². The van der Waals surface area contributed by atoms with Crippen LogP contribution in [0.4, 0.5) is 4.79 Å². The van der Waals surface area contributed by atoms with Gasteiger partial charge in [-0.3, -0.25) is 19.7 Å². The van der Waals surface area contributed by atoms with E-state index in [0.29, 0.717) is 0 Å². The molecule has 0 aromatic carbocycles. The summed E-state index contributed by atoms with van der Waals surface area (Å²) < 4.78 is 0. The molecule has 0 saturated carbocycles. The van der Waals surface area contributed by atoms with Crippen LogP contribution in [0, 0.1) is 11.3 Å². The number of imide groups is 1. The summed E-state index contributed by atoms with van der Waals surface area (Å²) in [4.78, 5) is 45.1. The maximum atomic E-state index is 11.7. The first kappa shape index (κ1) is 18.9. The molecule has 8 nitrogen and oxygen atoms in total. The van der Waals surface area contributed by atoms with Gasteiger partial charge in [0.15, 0.2) is 0 Å². The third-order valence-electron chi connectivity index (χ3n) is 2.78. The summed E-state index contributed by atoms with van der Waals surface area (Å²) in [5.74, 6) is -2.55. The van der Waals surface area contributed by atoms with Crippen LogP contribution in [-0.2, 0) is 14.4 Å². The Hall–Kier alpha value is -2.12. The Morgan fingerprint density at radius 1 is 1.14 bits per heavy atom. The fourth-order valence-electron chi connectivity index (χ4n) is 1.82. The molecule has 0 spiro atoms. The van der Waals surface area contributed by atoms with Gasteiger partial charge in [-0.25, -0.2) is 4.79 Å². The maximum Gasteiger partial charge on any atom is 0.322 e. The number of nitrogens with two attached hydrogens (primary N) is 1. The Bertz CT molecular complexity index is 432. The van der Waals surface area contributed by atoms with Gasteiger partial charge < -0.3 is 16.2 Å². The minimum atomic E-state index is -1.02. The zero-order chi connectivity index (χ0) is 16.8. The third kappa shape index (κ3) is 7.91. The van der Waals surface area contributed by atoms with E-state index >= 15 is 0 Å². The number of amides is 4. The summed E-state index contributed by atoms with van der Waals surface area (Å²) in [6.07, 6.45) is -0.326. The minimum absolute atomic E-state index is 0.129. The number of carbonyl (C=O) groups is 4. The number of rotatable bonds is 7. The number of hydrogen-bond donors (Lipinski definition) is 4. The molecule has 0 heterocycles. The molecule has 1 unspecified atom stereocenters. The smallest absolute Gasteiger partial charge is 0.322 e. The topological polar surface area (TPSA) is 139 Å². The van der Waals surface area contributed by atoms with Gasteiger partial charge in [-0.05, 0) is 11.3 Å². The predicted octanol–water partition coefficient (Wildman–Crippen LogP) is 0.213. The fourth-order valence-corrected chi connectivity index (χ4v) is 1.82. The van der Waals surface area contributed by atoms with E-state index in [-0.39, 0.29) is 18.8 Å². The zero-order valence-corrected chi connectivity index (χ0v) is 12.7. The van der Waals surface area contributed by atoms with Crippen LogP contribution >= 0.6 is 0 Å². The molecule has 0 aliphatic heterocycles. The van der Waals surface area contributed by atoms with E-state index in [2.05, 4.69) is 10.6 Å². The van der Waals surface area contributed by atoms with Crippen molar-refractivity contribution in [1.82, 2.24) is 10.6 Å². The summed E-state index contributed by atoms with van der Waals surface area (Å²) in [6, 6.07) is -1.71. The van der Waals surface area contributed by atoms with Crippen molar-refractivity contribution in [2.45, 2.75) is 46.6 Å². The standard InChI is InChI=1S/C13H23N3O5/c1-7(2)10(11(14)20)16-12(21)15-8(17)5-13(3,4)6-9(18)19/h7,10H,5-6H2,1-4H3,(H2,14,20)(H,18,19)(H2,15,16,17,21). The van der Waals surface area contributed by atoms with Gasteiger partial charge in [-0.15, -0.1) is 0 Å². The molecule has 0 radical (unpaired) electrons. The highest BCUT2D eigenvalue weighted by atomic mass is 16.4. The normalized spacial score (nSPS) is 12.6. The average Bonchev–Trinajstić information content (AvgIpc) is 2.21. The summed E-state index contributed by atoms with van der Waals surface area (Å²) in [5, 5.41) is 13.1. The second kappa shape index (κ2) is 7.61. The quantitative estimate of drug-likeness (QED) is 0.532. The van der Waals surface area contributed by atoms with Gasteiger partial charge in [0, 0.05) is 6.42 Å². The van der Waals surface area contributed by atoms with Crippen molar-refractivity contribution in [2.24, 2.45) is 17.1 Å². The lowest BCUT2D eigenvalue weighted by Gasteiger charge is -2.22. The molecule has 0 aliphatic carbocycles. The highest BCUT2D eigenvalue weighted by molar-refractivity contribution is 5.96. The molecule has 0 aromatic rings. The first-order valence-electron chi connectivity index (χ1n) is 6.56. The van der Waals surface area contributed by atoms with E-state index in [1.54, 1.807) is 27.7 Å².